The molecule has 0 aliphatic carbocycles. The third kappa shape index (κ3) is 6.22. The number of rotatable bonds is 5. The predicted octanol–water partition coefficient (Wildman–Crippen LogP) is 2.71. The van der Waals surface area contributed by atoms with E-state index < -0.39 is 0 Å². The summed E-state index contributed by atoms with van der Waals surface area (Å²) in [6.07, 6.45) is 7.25. The molecular weight excluding hydrogens is 103 g/mol. The van der Waals surface area contributed by atoms with Gasteiger partial charge in [-0.25, -0.2) is 0 Å². The van der Waals surface area contributed by atoms with Gasteiger partial charge in [-0.3, -0.25) is 0 Å². The van der Waals surface area contributed by atoms with Crippen molar-refractivity contribution in [2.45, 2.75) is 37.2 Å². The molecule has 0 N–H and O–H groups in total. The molecule has 0 aromatic rings. The van der Waals surface area contributed by atoms with Crippen LogP contribution in [0.2, 0.25) is 4.59 Å². The van der Waals surface area contributed by atoms with Crippen LogP contribution >= 0.6 is 0 Å². The zero-order valence-electron chi connectivity index (χ0n) is 6.69. The van der Waals surface area contributed by atoms with Crippen LogP contribution in [-0.4, -0.2) is 17.7 Å². The van der Waals surface area contributed by atoms with Gasteiger partial charge in [0, 0.05) is 0 Å². The number of hydrogen-bond acceptors (Lipinski definition) is 0. The normalized spacial score (nSPS) is 13.2. The van der Waals surface area contributed by atoms with Gasteiger partial charge in [-0.2, -0.15) is 0 Å². The molecule has 0 aromatic heterocycles. The topological polar surface area (TPSA) is 0 Å². The van der Waals surface area contributed by atoms with Gasteiger partial charge in [0.25, 0.3) is 0 Å². The van der Waals surface area contributed by atoms with Crippen LogP contribution in [0.5, 0.6) is 0 Å². The molecule has 1 atom stereocenters. The first-order chi connectivity index (χ1) is 4.31. The molecule has 0 rings (SSSR count). The molecule has 1 unspecified atom stereocenters. The average Bonchev–Trinajstić information content (AvgIpc) is 1.85. The summed E-state index contributed by atoms with van der Waals surface area (Å²) in [6.45, 7) is 5.95. The van der Waals surface area contributed by atoms with Crippen molar-refractivity contribution in [1.29, 1.82) is 0 Å². The van der Waals surface area contributed by atoms with E-state index in [-0.39, 0.29) is 0 Å². The van der Waals surface area contributed by atoms with Gasteiger partial charge >= 0.3 is 67.6 Å². The van der Waals surface area contributed by atoms with Crippen LogP contribution in [0.25, 0.3) is 0 Å². The van der Waals surface area contributed by atoms with Crippen molar-refractivity contribution in [3.63, 3.8) is 0 Å². The Kier molecular flexibility index (Phi) is 6.70. The van der Waals surface area contributed by atoms with Crippen molar-refractivity contribution in [2.75, 3.05) is 0 Å². The molecule has 1 heteroatoms. The van der Waals surface area contributed by atoms with E-state index in [9.17, 15) is 0 Å². The Bertz CT molecular complexity index is 69.0. The standard InChI is InChI=1S/C8H15.Li/c1-3-5-7-8-6-4-2;/h3,7H,1,4-6,8H2,2H3;. The molecule has 0 aliphatic rings. The summed E-state index contributed by atoms with van der Waals surface area (Å²) in [4.78, 5) is 0. The molecule has 0 fully saturated rings. The maximum atomic E-state index is 3.71. The predicted molar refractivity (Wildman–Crippen MR) is 43.8 cm³/mol. The molecule has 0 aromatic carbocycles. The monoisotopic (exact) mass is 118 g/mol. The van der Waals surface area contributed by atoms with Crippen LogP contribution in [0.4, 0.5) is 0 Å². The SMILES string of the molecule is [Li][CH](CC=C)CCCC. The molecule has 0 nitrogen and oxygen atoms in total. The van der Waals surface area contributed by atoms with E-state index in [1.807, 2.05) is 6.08 Å². The molecule has 0 heterocycles. The summed E-state index contributed by atoms with van der Waals surface area (Å²) in [6, 6.07) is 0. The fourth-order valence-corrected chi connectivity index (χ4v) is 0.955. The molecule has 0 saturated carbocycles. The van der Waals surface area contributed by atoms with Crippen molar-refractivity contribution in [3.05, 3.63) is 12.7 Å². The van der Waals surface area contributed by atoms with E-state index in [0.717, 1.165) is 4.59 Å². The van der Waals surface area contributed by atoms with Crippen molar-refractivity contribution in [2.24, 2.45) is 0 Å². The summed E-state index contributed by atoms with van der Waals surface area (Å²) in [5.41, 5.74) is 0. The zero-order chi connectivity index (χ0) is 7.11. The second-order valence-electron chi connectivity index (χ2n) is 2.77. The van der Waals surface area contributed by atoms with E-state index in [1.165, 1.54) is 25.7 Å². The Hall–Kier alpha value is 0.337. The summed E-state index contributed by atoms with van der Waals surface area (Å²) in [5.74, 6) is 0. The second-order valence-corrected chi connectivity index (χ2v) is 2.77. The zero-order valence-corrected chi connectivity index (χ0v) is 6.69. The third-order valence-electron chi connectivity index (χ3n) is 1.62. The van der Waals surface area contributed by atoms with Gasteiger partial charge in [0.1, 0.15) is 0 Å². The van der Waals surface area contributed by atoms with E-state index in [0.29, 0.717) is 0 Å². The maximum absolute atomic E-state index is 3.71. The molecule has 48 valence electrons. The second kappa shape index (κ2) is 6.46. The van der Waals surface area contributed by atoms with Crippen LogP contribution in [0.1, 0.15) is 32.6 Å². The van der Waals surface area contributed by atoms with Gasteiger partial charge in [0.15, 0.2) is 0 Å². The van der Waals surface area contributed by atoms with Crippen molar-refractivity contribution in [1.82, 2.24) is 0 Å². The van der Waals surface area contributed by atoms with Crippen molar-refractivity contribution >= 4 is 17.7 Å². The quantitative estimate of drug-likeness (QED) is 0.384. The summed E-state index contributed by atoms with van der Waals surface area (Å²) < 4.78 is 0.849. The molecule has 0 amide bonds. The van der Waals surface area contributed by atoms with Gasteiger partial charge in [-0.05, 0) is 0 Å². The van der Waals surface area contributed by atoms with Crippen LogP contribution in [-0.2, 0) is 0 Å². The number of unbranched alkanes of at least 4 members (excludes halogenated alkanes) is 1. The van der Waals surface area contributed by atoms with Crippen molar-refractivity contribution in [3.8, 4) is 0 Å². The first-order valence-electron chi connectivity index (χ1n) is 3.92. The minimum atomic E-state index is 0.849. The van der Waals surface area contributed by atoms with Crippen LogP contribution in [0, 0.1) is 0 Å². The van der Waals surface area contributed by atoms with E-state index in [4.69, 9.17) is 0 Å². The first kappa shape index (κ1) is 9.34. The Morgan fingerprint density at radius 3 is 2.78 bits per heavy atom. The van der Waals surface area contributed by atoms with Crippen LogP contribution in [0.3, 0.4) is 0 Å². The van der Waals surface area contributed by atoms with Crippen molar-refractivity contribution < 1.29 is 0 Å². The molecular formula is C8H15Li. The van der Waals surface area contributed by atoms with Gasteiger partial charge in [-0.1, -0.05) is 0 Å². The molecule has 0 aliphatic heterocycles. The first-order valence-corrected chi connectivity index (χ1v) is 3.92. The Labute approximate surface area is 67.9 Å². The van der Waals surface area contributed by atoms with Gasteiger partial charge in [0.05, 0.1) is 0 Å². The Morgan fingerprint density at radius 2 is 2.33 bits per heavy atom. The number of allylic oxidation sites excluding steroid dienone is 1. The van der Waals surface area contributed by atoms with Crippen LogP contribution in [0.15, 0.2) is 12.7 Å². The Morgan fingerprint density at radius 1 is 1.67 bits per heavy atom. The van der Waals surface area contributed by atoms with E-state index in [2.05, 4.69) is 31.2 Å². The third-order valence-corrected chi connectivity index (χ3v) is 1.62. The summed E-state index contributed by atoms with van der Waals surface area (Å²) in [5, 5.41) is 0. The minimum absolute atomic E-state index is 0.849. The average molecular weight is 118 g/mol. The molecule has 0 bridgehead atoms. The van der Waals surface area contributed by atoms with E-state index >= 15 is 0 Å². The fraction of sp³-hybridized carbons (Fsp3) is 0.750. The fourth-order valence-electron chi connectivity index (χ4n) is 0.955. The van der Waals surface area contributed by atoms with Gasteiger partial charge < -0.3 is 0 Å². The van der Waals surface area contributed by atoms with Gasteiger partial charge in [0.2, 0.25) is 0 Å². The van der Waals surface area contributed by atoms with Gasteiger partial charge in [-0.15, -0.1) is 0 Å². The molecule has 0 radical (unpaired) electrons. The molecule has 9 heavy (non-hydrogen) atoms. The summed E-state index contributed by atoms with van der Waals surface area (Å²) >= 11 is 2.29. The van der Waals surface area contributed by atoms with Crippen LogP contribution < -0.4 is 0 Å². The molecule has 0 saturated heterocycles. The summed E-state index contributed by atoms with van der Waals surface area (Å²) in [7, 11) is 0. The molecule has 0 spiro atoms. The number of hydrogen-bond donors (Lipinski definition) is 0. The Balaban J connectivity index is 3.04. The van der Waals surface area contributed by atoms with E-state index in [1.54, 1.807) is 0 Å².